The topological polar surface area (TPSA) is 78.9 Å². The molecule has 0 aromatic rings. The number of hydrogen-bond donors (Lipinski definition) is 0. The monoisotopic (exact) mass is 953 g/mol. The number of allylic oxidation sites excluding steroid dienone is 8. The van der Waals surface area contributed by atoms with Gasteiger partial charge in [0, 0.05) is 19.3 Å². The minimum Gasteiger partial charge on any atom is -0.462 e. The van der Waals surface area contributed by atoms with Crippen LogP contribution in [0, 0.1) is 0 Å². The molecule has 0 heterocycles. The Bertz CT molecular complexity index is 1190. The molecule has 0 saturated carbocycles. The lowest BCUT2D eigenvalue weighted by atomic mass is 10.0. The molecular formula is C62H112O6. The minimum atomic E-state index is -0.763. The van der Waals surface area contributed by atoms with Gasteiger partial charge >= 0.3 is 17.9 Å². The van der Waals surface area contributed by atoms with Crippen molar-refractivity contribution in [1.29, 1.82) is 0 Å². The molecule has 0 amide bonds. The normalized spacial score (nSPS) is 12.3. The molecule has 0 aliphatic carbocycles. The second kappa shape index (κ2) is 57.0. The predicted molar refractivity (Wildman–Crippen MR) is 293 cm³/mol. The molecule has 68 heavy (non-hydrogen) atoms. The molecule has 0 aliphatic heterocycles. The number of carbonyl (C=O) groups is 3. The third-order valence-corrected chi connectivity index (χ3v) is 13.1. The van der Waals surface area contributed by atoms with Gasteiger partial charge in [-0.2, -0.15) is 0 Å². The van der Waals surface area contributed by atoms with E-state index in [9.17, 15) is 14.4 Å². The summed E-state index contributed by atoms with van der Waals surface area (Å²) in [6, 6.07) is 0. The Morgan fingerprint density at radius 3 is 0.897 bits per heavy atom. The van der Waals surface area contributed by atoms with Crippen molar-refractivity contribution in [3.63, 3.8) is 0 Å². The van der Waals surface area contributed by atoms with Crippen LogP contribution >= 0.6 is 0 Å². The molecule has 6 heteroatoms. The maximum Gasteiger partial charge on any atom is 0.306 e. The SMILES string of the molecule is CC/C=C\C/C=C\C/C=C\C/C=C\CCCCCCCCCCCCCCCCCCCCCCC(=O)OCC(COC(=O)CCCCCCCC)OC(=O)CCCCCCCCCCCCC. The van der Waals surface area contributed by atoms with Crippen molar-refractivity contribution >= 4 is 17.9 Å². The Balaban J connectivity index is 3.88. The van der Waals surface area contributed by atoms with E-state index in [2.05, 4.69) is 69.4 Å². The zero-order valence-electron chi connectivity index (χ0n) is 45.4. The lowest BCUT2D eigenvalue weighted by Crippen LogP contribution is -2.30. The molecule has 0 bridgehead atoms. The molecular weight excluding hydrogens is 841 g/mol. The van der Waals surface area contributed by atoms with Gasteiger partial charge in [-0.15, -0.1) is 0 Å². The Kier molecular flexibility index (Phi) is 54.8. The molecule has 396 valence electrons. The van der Waals surface area contributed by atoms with Gasteiger partial charge in [0.05, 0.1) is 0 Å². The molecule has 0 spiro atoms. The van der Waals surface area contributed by atoms with Crippen molar-refractivity contribution in [3.8, 4) is 0 Å². The second-order valence-corrected chi connectivity index (χ2v) is 19.9. The molecule has 0 fully saturated rings. The van der Waals surface area contributed by atoms with Crippen molar-refractivity contribution in [2.24, 2.45) is 0 Å². The maximum atomic E-state index is 12.7. The highest BCUT2D eigenvalue weighted by Crippen LogP contribution is 2.17. The lowest BCUT2D eigenvalue weighted by Gasteiger charge is -2.18. The average Bonchev–Trinajstić information content (AvgIpc) is 3.34. The Hall–Kier alpha value is -2.63. The van der Waals surface area contributed by atoms with Crippen LogP contribution in [0.4, 0.5) is 0 Å². The molecule has 6 nitrogen and oxygen atoms in total. The fourth-order valence-corrected chi connectivity index (χ4v) is 8.67. The van der Waals surface area contributed by atoms with Gasteiger partial charge in [-0.3, -0.25) is 14.4 Å². The second-order valence-electron chi connectivity index (χ2n) is 19.9. The standard InChI is InChI=1S/C62H112O6/c1-4-7-10-13-16-18-20-21-22-23-24-25-26-27-28-29-30-31-32-33-34-35-36-37-38-39-40-41-43-44-46-49-52-55-61(64)67-58-59(57-66-60(63)54-51-48-15-12-9-6-3)68-62(65)56-53-50-47-45-42-19-17-14-11-8-5-2/h7,10,16,18,21-22,24-25,59H,4-6,8-9,11-15,17,19-20,23,26-58H2,1-3H3/b10-7-,18-16-,22-21-,25-24-. The van der Waals surface area contributed by atoms with Crippen molar-refractivity contribution in [2.45, 2.75) is 316 Å². The molecule has 0 saturated heterocycles. The molecule has 0 rings (SSSR count). The van der Waals surface area contributed by atoms with Gasteiger partial charge < -0.3 is 14.2 Å². The molecule has 0 aromatic carbocycles. The van der Waals surface area contributed by atoms with Gasteiger partial charge in [0.15, 0.2) is 6.10 Å². The third kappa shape index (κ3) is 54.3. The largest absolute Gasteiger partial charge is 0.462 e. The molecule has 1 unspecified atom stereocenters. The summed E-state index contributed by atoms with van der Waals surface area (Å²) in [6.07, 6.45) is 70.2. The first kappa shape index (κ1) is 65.4. The average molecular weight is 954 g/mol. The van der Waals surface area contributed by atoms with Crippen LogP contribution in [0.15, 0.2) is 48.6 Å². The quantitative estimate of drug-likeness (QED) is 0.0262. The smallest absolute Gasteiger partial charge is 0.306 e. The summed E-state index contributed by atoms with van der Waals surface area (Å²) in [5, 5.41) is 0. The van der Waals surface area contributed by atoms with Gasteiger partial charge in [-0.25, -0.2) is 0 Å². The fourth-order valence-electron chi connectivity index (χ4n) is 8.67. The van der Waals surface area contributed by atoms with Crippen molar-refractivity contribution in [3.05, 3.63) is 48.6 Å². The van der Waals surface area contributed by atoms with Crippen molar-refractivity contribution < 1.29 is 28.6 Å². The van der Waals surface area contributed by atoms with E-state index in [0.717, 1.165) is 83.5 Å². The van der Waals surface area contributed by atoms with Crippen LogP contribution in [-0.2, 0) is 28.6 Å². The van der Waals surface area contributed by atoms with E-state index in [0.29, 0.717) is 19.3 Å². The van der Waals surface area contributed by atoms with Crippen LogP contribution in [0.3, 0.4) is 0 Å². The van der Waals surface area contributed by atoms with Crippen molar-refractivity contribution in [2.75, 3.05) is 13.2 Å². The zero-order valence-corrected chi connectivity index (χ0v) is 45.4. The highest BCUT2D eigenvalue weighted by Gasteiger charge is 2.19. The van der Waals surface area contributed by atoms with E-state index in [1.54, 1.807) is 0 Å². The summed E-state index contributed by atoms with van der Waals surface area (Å²) in [6.45, 7) is 6.49. The first-order valence-corrected chi connectivity index (χ1v) is 29.6. The number of carbonyl (C=O) groups excluding carboxylic acids is 3. The minimum absolute atomic E-state index is 0.0670. The molecule has 0 aromatic heterocycles. The molecule has 0 radical (unpaired) electrons. The van der Waals surface area contributed by atoms with Crippen LogP contribution in [0.5, 0.6) is 0 Å². The first-order chi connectivity index (χ1) is 33.5. The van der Waals surface area contributed by atoms with Crippen LogP contribution in [0.2, 0.25) is 0 Å². The van der Waals surface area contributed by atoms with Crippen LogP contribution in [-0.4, -0.2) is 37.2 Å². The summed E-state index contributed by atoms with van der Waals surface area (Å²) < 4.78 is 16.7. The van der Waals surface area contributed by atoms with Crippen LogP contribution < -0.4 is 0 Å². The molecule has 0 aliphatic rings. The van der Waals surface area contributed by atoms with Gasteiger partial charge in [0.25, 0.3) is 0 Å². The summed E-state index contributed by atoms with van der Waals surface area (Å²) in [5.74, 6) is -0.863. The Morgan fingerprint density at radius 2 is 0.574 bits per heavy atom. The number of rotatable bonds is 54. The molecule has 1 atom stereocenters. The predicted octanol–water partition coefficient (Wildman–Crippen LogP) is 19.8. The third-order valence-electron chi connectivity index (χ3n) is 13.1. The number of ether oxygens (including phenoxy) is 3. The molecule has 0 N–H and O–H groups in total. The van der Waals surface area contributed by atoms with E-state index < -0.39 is 6.10 Å². The maximum absolute atomic E-state index is 12.7. The summed E-state index contributed by atoms with van der Waals surface area (Å²) in [7, 11) is 0. The number of hydrogen-bond acceptors (Lipinski definition) is 6. The van der Waals surface area contributed by atoms with E-state index in [4.69, 9.17) is 14.2 Å². The zero-order chi connectivity index (χ0) is 49.3. The van der Waals surface area contributed by atoms with Crippen molar-refractivity contribution in [1.82, 2.24) is 0 Å². The number of esters is 3. The van der Waals surface area contributed by atoms with E-state index in [1.165, 1.54) is 186 Å². The van der Waals surface area contributed by atoms with E-state index >= 15 is 0 Å². The van der Waals surface area contributed by atoms with E-state index in [1.807, 2.05) is 0 Å². The van der Waals surface area contributed by atoms with Crippen LogP contribution in [0.1, 0.15) is 310 Å². The lowest BCUT2D eigenvalue weighted by molar-refractivity contribution is -0.167. The van der Waals surface area contributed by atoms with Gasteiger partial charge in [0.2, 0.25) is 0 Å². The highest BCUT2D eigenvalue weighted by atomic mass is 16.6. The van der Waals surface area contributed by atoms with Gasteiger partial charge in [0.1, 0.15) is 13.2 Å². The first-order valence-electron chi connectivity index (χ1n) is 29.6. The summed E-state index contributed by atoms with van der Waals surface area (Å²) in [4.78, 5) is 37.7. The van der Waals surface area contributed by atoms with E-state index in [-0.39, 0.29) is 31.1 Å². The van der Waals surface area contributed by atoms with Gasteiger partial charge in [-0.1, -0.05) is 281 Å². The Labute approximate surface area is 422 Å². The summed E-state index contributed by atoms with van der Waals surface area (Å²) in [5.41, 5.74) is 0. The number of unbranched alkanes of at least 4 members (excludes halogenated alkanes) is 35. The Morgan fingerprint density at radius 1 is 0.309 bits per heavy atom. The van der Waals surface area contributed by atoms with Crippen LogP contribution in [0.25, 0.3) is 0 Å². The van der Waals surface area contributed by atoms with Gasteiger partial charge in [-0.05, 0) is 57.8 Å². The highest BCUT2D eigenvalue weighted by molar-refractivity contribution is 5.71. The summed E-state index contributed by atoms with van der Waals surface area (Å²) >= 11 is 0. The fraction of sp³-hybridized carbons (Fsp3) is 0.823.